The SMILES string of the molecule is CC/C=C\C/C=C\C/C=C\C/C=C\C/C=C\C/C=C\C/C=C\C/C=C\CCCCCCCCCCCCC(=O)OC(COC(=O)CCCCCCCCCCCCCCCC)COP(=O)(O)OCCN. The summed E-state index contributed by atoms with van der Waals surface area (Å²) in [6.07, 6.45) is 73.2. The Bertz CT molecular complexity index is 1460. The second-order valence-corrected chi connectivity index (χ2v) is 19.9. The predicted molar refractivity (Wildman–Crippen MR) is 298 cm³/mol. The third kappa shape index (κ3) is 54.3. The number of nitrogens with two attached hydrogens (primary N) is 1. The predicted octanol–water partition coefficient (Wildman–Crippen LogP) is 17.7. The van der Waals surface area contributed by atoms with Crippen LogP contribution < -0.4 is 5.73 Å². The van der Waals surface area contributed by atoms with E-state index in [0.29, 0.717) is 6.42 Å². The van der Waals surface area contributed by atoms with E-state index in [-0.39, 0.29) is 38.6 Å². The number of allylic oxidation sites excluding steroid dienone is 16. The van der Waals surface area contributed by atoms with Gasteiger partial charge in [0.2, 0.25) is 0 Å². The van der Waals surface area contributed by atoms with Crippen LogP contribution >= 0.6 is 7.82 Å². The van der Waals surface area contributed by atoms with Gasteiger partial charge in [-0.3, -0.25) is 18.6 Å². The summed E-state index contributed by atoms with van der Waals surface area (Å²) >= 11 is 0. The molecule has 2 unspecified atom stereocenters. The number of unbranched alkanes of at least 4 members (excludes halogenated alkanes) is 23. The molecular weight excluding hydrogens is 894 g/mol. The van der Waals surface area contributed by atoms with E-state index < -0.39 is 26.5 Å². The van der Waals surface area contributed by atoms with Gasteiger partial charge in [0.1, 0.15) is 6.61 Å². The van der Waals surface area contributed by atoms with E-state index in [4.69, 9.17) is 24.3 Å². The maximum atomic E-state index is 12.7. The Morgan fingerprint density at radius 2 is 0.786 bits per heavy atom. The molecule has 0 rings (SSSR count). The Hall–Kier alpha value is -3.07. The zero-order chi connectivity index (χ0) is 51.0. The average Bonchev–Trinajstić information content (AvgIpc) is 3.35. The summed E-state index contributed by atoms with van der Waals surface area (Å²) in [5.74, 6) is -0.831. The lowest BCUT2D eigenvalue weighted by atomic mass is 10.0. The number of phosphoric ester groups is 1. The number of carbonyl (C=O) groups is 2. The first kappa shape index (κ1) is 66.9. The van der Waals surface area contributed by atoms with Gasteiger partial charge in [0.15, 0.2) is 6.10 Å². The first-order chi connectivity index (χ1) is 34.3. The molecule has 70 heavy (non-hydrogen) atoms. The van der Waals surface area contributed by atoms with Crippen molar-refractivity contribution in [2.75, 3.05) is 26.4 Å². The zero-order valence-corrected chi connectivity index (χ0v) is 45.6. The van der Waals surface area contributed by atoms with Crippen molar-refractivity contribution in [3.05, 3.63) is 97.2 Å². The second-order valence-electron chi connectivity index (χ2n) is 18.4. The summed E-state index contributed by atoms with van der Waals surface area (Å²) in [7, 11) is -4.39. The molecule has 0 aromatic carbocycles. The quantitative estimate of drug-likeness (QED) is 0.0264. The van der Waals surface area contributed by atoms with Gasteiger partial charge in [-0.1, -0.05) is 246 Å². The summed E-state index contributed by atoms with van der Waals surface area (Å²) in [5.41, 5.74) is 5.37. The Balaban J connectivity index is 3.97. The van der Waals surface area contributed by atoms with Gasteiger partial charge in [-0.15, -0.1) is 0 Å². The summed E-state index contributed by atoms with van der Waals surface area (Å²) < 4.78 is 33.0. The smallest absolute Gasteiger partial charge is 0.462 e. The minimum Gasteiger partial charge on any atom is -0.462 e. The van der Waals surface area contributed by atoms with Crippen molar-refractivity contribution in [2.45, 2.75) is 245 Å². The zero-order valence-electron chi connectivity index (χ0n) is 44.7. The number of hydrogen-bond acceptors (Lipinski definition) is 8. The number of carbonyl (C=O) groups excluding carboxylic acids is 2. The molecule has 10 heteroatoms. The Morgan fingerprint density at radius 3 is 1.17 bits per heavy atom. The fourth-order valence-corrected chi connectivity index (χ4v) is 8.36. The first-order valence-corrected chi connectivity index (χ1v) is 29.7. The van der Waals surface area contributed by atoms with Gasteiger partial charge in [0.25, 0.3) is 0 Å². The Labute approximate surface area is 429 Å². The molecule has 0 aliphatic carbocycles. The highest BCUT2D eigenvalue weighted by molar-refractivity contribution is 7.47. The molecule has 3 N–H and O–H groups in total. The highest BCUT2D eigenvalue weighted by Crippen LogP contribution is 2.43. The number of phosphoric acid groups is 1. The van der Waals surface area contributed by atoms with Crippen molar-refractivity contribution >= 4 is 19.8 Å². The minimum atomic E-state index is -4.39. The van der Waals surface area contributed by atoms with Crippen molar-refractivity contribution in [3.63, 3.8) is 0 Å². The number of rotatable bonds is 52. The lowest BCUT2D eigenvalue weighted by Crippen LogP contribution is -2.29. The summed E-state index contributed by atoms with van der Waals surface area (Å²) in [6, 6.07) is 0. The maximum Gasteiger partial charge on any atom is 0.472 e. The molecule has 0 amide bonds. The van der Waals surface area contributed by atoms with E-state index in [0.717, 1.165) is 96.3 Å². The fraction of sp³-hybridized carbons (Fsp3) is 0.700. The molecule has 0 saturated heterocycles. The Morgan fingerprint density at radius 1 is 0.443 bits per heavy atom. The highest BCUT2D eigenvalue weighted by Gasteiger charge is 2.26. The summed E-state index contributed by atoms with van der Waals surface area (Å²) in [5, 5.41) is 0. The van der Waals surface area contributed by atoms with Crippen molar-refractivity contribution in [1.82, 2.24) is 0 Å². The molecule has 0 fully saturated rings. The molecule has 0 spiro atoms. The lowest BCUT2D eigenvalue weighted by molar-refractivity contribution is -0.161. The molecule has 0 aromatic heterocycles. The third-order valence-electron chi connectivity index (χ3n) is 11.7. The highest BCUT2D eigenvalue weighted by atomic mass is 31.2. The van der Waals surface area contributed by atoms with E-state index in [1.807, 2.05) is 0 Å². The van der Waals surface area contributed by atoms with Crippen LogP contribution in [0.4, 0.5) is 0 Å². The second kappa shape index (κ2) is 55.2. The van der Waals surface area contributed by atoms with Crippen LogP contribution in [0.25, 0.3) is 0 Å². The molecule has 0 aromatic rings. The van der Waals surface area contributed by atoms with Crippen LogP contribution in [0.1, 0.15) is 239 Å². The third-order valence-corrected chi connectivity index (χ3v) is 12.7. The number of ether oxygens (including phenoxy) is 2. The van der Waals surface area contributed by atoms with Crippen LogP contribution in [-0.2, 0) is 32.7 Å². The number of hydrogen-bond donors (Lipinski definition) is 2. The van der Waals surface area contributed by atoms with Crippen molar-refractivity contribution in [2.24, 2.45) is 5.73 Å². The van der Waals surface area contributed by atoms with Crippen LogP contribution in [-0.4, -0.2) is 49.3 Å². The molecule has 0 saturated carbocycles. The summed E-state index contributed by atoms with van der Waals surface area (Å²) in [4.78, 5) is 35.1. The van der Waals surface area contributed by atoms with Crippen LogP contribution in [0.2, 0.25) is 0 Å². The van der Waals surface area contributed by atoms with E-state index in [1.54, 1.807) is 0 Å². The van der Waals surface area contributed by atoms with Gasteiger partial charge in [0.05, 0.1) is 13.2 Å². The van der Waals surface area contributed by atoms with Crippen LogP contribution in [0.3, 0.4) is 0 Å². The van der Waals surface area contributed by atoms with E-state index in [9.17, 15) is 19.0 Å². The number of esters is 2. The van der Waals surface area contributed by atoms with Gasteiger partial charge in [-0.25, -0.2) is 4.57 Å². The molecule has 0 aliphatic heterocycles. The topological polar surface area (TPSA) is 134 Å². The lowest BCUT2D eigenvalue weighted by Gasteiger charge is -2.19. The summed E-state index contributed by atoms with van der Waals surface area (Å²) in [6.45, 7) is 3.63. The van der Waals surface area contributed by atoms with Gasteiger partial charge in [-0.05, 0) is 77.0 Å². The van der Waals surface area contributed by atoms with E-state index in [1.165, 1.54) is 109 Å². The largest absolute Gasteiger partial charge is 0.472 e. The molecule has 0 radical (unpaired) electrons. The molecule has 0 heterocycles. The molecule has 0 aliphatic rings. The van der Waals surface area contributed by atoms with Gasteiger partial charge in [0, 0.05) is 19.4 Å². The van der Waals surface area contributed by atoms with Crippen LogP contribution in [0, 0.1) is 0 Å². The normalized spacial score (nSPS) is 13.8. The standard InChI is InChI=1S/C60H104NO8P/c1-3-5-7-9-11-13-15-17-19-20-21-22-23-24-25-26-27-28-29-30-31-32-33-34-35-36-37-38-39-41-43-45-47-49-51-53-60(63)69-58(57-68-70(64,65)67-55-54-61)56-66-59(62)52-50-48-46-44-42-40-18-16-14-12-10-8-6-4-2/h5,7,11,13,17,19,21-22,24-25,27-28,30-31,33-34,58H,3-4,6,8-10,12,14-16,18,20,23,26,29,32,35-57,61H2,1-2H3,(H,64,65)/b7-5-,13-11-,19-17-,22-21-,25-24-,28-27-,31-30-,34-33-. The fourth-order valence-electron chi connectivity index (χ4n) is 7.59. The molecule has 2 atom stereocenters. The van der Waals surface area contributed by atoms with Gasteiger partial charge < -0.3 is 20.1 Å². The van der Waals surface area contributed by atoms with Crippen molar-refractivity contribution < 1.29 is 37.6 Å². The van der Waals surface area contributed by atoms with Gasteiger partial charge in [-0.2, -0.15) is 0 Å². The van der Waals surface area contributed by atoms with Crippen molar-refractivity contribution in [3.8, 4) is 0 Å². The maximum absolute atomic E-state index is 12.7. The Kier molecular flexibility index (Phi) is 52.8. The molecule has 9 nitrogen and oxygen atoms in total. The molecular formula is C60H104NO8P. The van der Waals surface area contributed by atoms with Gasteiger partial charge >= 0.3 is 19.8 Å². The van der Waals surface area contributed by atoms with Crippen molar-refractivity contribution in [1.29, 1.82) is 0 Å². The van der Waals surface area contributed by atoms with E-state index >= 15 is 0 Å². The monoisotopic (exact) mass is 998 g/mol. The first-order valence-electron chi connectivity index (χ1n) is 28.2. The minimum absolute atomic E-state index is 0.0500. The van der Waals surface area contributed by atoms with Crippen LogP contribution in [0.15, 0.2) is 97.2 Å². The molecule has 0 bridgehead atoms. The van der Waals surface area contributed by atoms with E-state index in [2.05, 4.69) is 111 Å². The van der Waals surface area contributed by atoms with Crippen LogP contribution in [0.5, 0.6) is 0 Å². The molecule has 402 valence electrons. The average molecular weight is 998 g/mol.